The number of amides is 2. The number of anilines is 1. The van der Waals surface area contributed by atoms with E-state index in [1.165, 1.54) is 0 Å². The van der Waals surface area contributed by atoms with Crippen molar-refractivity contribution >= 4 is 28.5 Å². The van der Waals surface area contributed by atoms with Crippen molar-refractivity contribution in [2.45, 2.75) is 52.7 Å². The molecule has 2 amide bonds. The van der Waals surface area contributed by atoms with E-state index in [1.807, 2.05) is 0 Å². The third-order valence-corrected chi connectivity index (χ3v) is 5.18. The average molecular weight is 471 g/mol. The van der Waals surface area contributed by atoms with Crippen molar-refractivity contribution in [1.29, 1.82) is 0 Å². The summed E-state index contributed by atoms with van der Waals surface area (Å²) in [6, 6.07) is 2.17. The zero-order valence-electron chi connectivity index (χ0n) is 18.3. The number of rotatable bonds is 12. The van der Waals surface area contributed by atoms with Crippen molar-refractivity contribution in [3.63, 3.8) is 0 Å². The largest absolute Gasteiger partial charge is 0.477 e. The summed E-state index contributed by atoms with van der Waals surface area (Å²) in [4.78, 5) is 23.7. The number of nitrogens with one attached hydrogen (secondary N) is 3. The summed E-state index contributed by atoms with van der Waals surface area (Å²) < 4.78 is 37.1. The van der Waals surface area contributed by atoms with E-state index in [0.717, 1.165) is 37.9 Å². The number of aryl methyl sites for hydroxylation is 1. The summed E-state index contributed by atoms with van der Waals surface area (Å²) in [5.74, 6) is -3.30. The Hall–Kier alpha value is -2.79. The molecule has 2 aromatic rings. The highest BCUT2D eigenvalue weighted by molar-refractivity contribution is 7.11. The fourth-order valence-corrected chi connectivity index (χ4v) is 3.55. The molecule has 4 N–H and O–H groups in total. The number of nitrogens with zero attached hydrogens (tertiary/aromatic N) is 1. The number of carboxylic acid groups (broad SMARTS) is 1. The van der Waals surface area contributed by atoms with Gasteiger partial charge in [0.05, 0.1) is 5.56 Å². The van der Waals surface area contributed by atoms with Gasteiger partial charge in [-0.25, -0.2) is 18.4 Å². The summed E-state index contributed by atoms with van der Waals surface area (Å²) in [5.41, 5.74) is -0.304. The van der Waals surface area contributed by atoms with Gasteiger partial charge in [0.2, 0.25) is 5.88 Å². The number of ether oxygens (including phenoxy) is 1. The van der Waals surface area contributed by atoms with E-state index in [0.29, 0.717) is 29.7 Å². The molecule has 0 aliphatic heterocycles. The molecule has 176 valence electrons. The van der Waals surface area contributed by atoms with Crippen molar-refractivity contribution in [2.24, 2.45) is 0 Å². The van der Waals surface area contributed by atoms with Gasteiger partial charge in [0, 0.05) is 12.6 Å². The van der Waals surface area contributed by atoms with Gasteiger partial charge in [0.15, 0.2) is 5.56 Å². The Kier molecular flexibility index (Phi) is 9.79. The number of hydrogen-bond acceptors (Lipinski definition) is 6. The smallest absolute Gasteiger partial charge is 0.344 e. The molecule has 2 rings (SSSR count). The first-order valence-electron chi connectivity index (χ1n) is 10.3. The van der Waals surface area contributed by atoms with Gasteiger partial charge in [-0.2, -0.15) is 4.37 Å². The van der Waals surface area contributed by atoms with Crippen LogP contribution in [0.5, 0.6) is 5.88 Å². The Morgan fingerprint density at radius 3 is 2.44 bits per heavy atom. The number of urea groups is 1. The van der Waals surface area contributed by atoms with Crippen LogP contribution in [0.2, 0.25) is 0 Å². The molecule has 32 heavy (non-hydrogen) atoms. The van der Waals surface area contributed by atoms with Crippen LogP contribution in [-0.2, 0) is 6.61 Å². The Bertz CT molecular complexity index is 914. The zero-order valence-corrected chi connectivity index (χ0v) is 19.1. The van der Waals surface area contributed by atoms with Gasteiger partial charge in [0.1, 0.15) is 23.2 Å². The normalized spacial score (nSPS) is 10.9. The highest BCUT2D eigenvalue weighted by atomic mass is 32.1. The number of carbonyl (C=O) groups excluding carboxylic acids is 1. The molecule has 0 aliphatic rings. The summed E-state index contributed by atoms with van der Waals surface area (Å²) in [6.07, 6.45) is 2.71. The van der Waals surface area contributed by atoms with E-state index < -0.39 is 30.2 Å². The Balaban J connectivity index is 1.90. The van der Waals surface area contributed by atoms with Crippen molar-refractivity contribution in [2.75, 3.05) is 18.4 Å². The van der Waals surface area contributed by atoms with Crippen LogP contribution >= 0.6 is 11.5 Å². The molecule has 0 saturated carbocycles. The first-order chi connectivity index (χ1) is 15.2. The van der Waals surface area contributed by atoms with Gasteiger partial charge < -0.3 is 20.5 Å². The molecule has 1 aromatic carbocycles. The molecular weight excluding hydrogens is 442 g/mol. The maximum atomic E-state index is 14.0. The van der Waals surface area contributed by atoms with Gasteiger partial charge >= 0.3 is 12.0 Å². The zero-order chi connectivity index (χ0) is 23.7. The number of benzene rings is 1. The fourth-order valence-electron chi connectivity index (χ4n) is 2.82. The van der Waals surface area contributed by atoms with Gasteiger partial charge in [-0.15, -0.1) is 0 Å². The van der Waals surface area contributed by atoms with Gasteiger partial charge in [0.25, 0.3) is 0 Å². The molecule has 0 bridgehead atoms. The molecule has 1 heterocycles. The minimum absolute atomic E-state index is 0.0315. The van der Waals surface area contributed by atoms with Crippen LogP contribution in [-0.4, -0.2) is 40.6 Å². The Morgan fingerprint density at radius 1 is 1.16 bits per heavy atom. The van der Waals surface area contributed by atoms with E-state index in [2.05, 4.69) is 34.2 Å². The van der Waals surface area contributed by atoms with Crippen molar-refractivity contribution in [1.82, 2.24) is 15.0 Å². The second kappa shape index (κ2) is 12.3. The van der Waals surface area contributed by atoms with Crippen LogP contribution in [0.15, 0.2) is 12.1 Å². The van der Waals surface area contributed by atoms with Crippen LogP contribution in [0.3, 0.4) is 0 Å². The lowest BCUT2D eigenvalue weighted by Crippen LogP contribution is -2.30. The molecule has 0 radical (unpaired) electrons. The summed E-state index contributed by atoms with van der Waals surface area (Å²) >= 11 is 0.708. The number of unbranched alkanes of at least 4 members (excludes halogenated alkanes) is 2. The lowest BCUT2D eigenvalue weighted by molar-refractivity contribution is 0.0693. The second-order valence-corrected chi connectivity index (χ2v) is 8.32. The van der Waals surface area contributed by atoms with Crippen LogP contribution in [0.1, 0.15) is 54.6 Å². The number of aromatic carboxylic acids is 1. The Labute approximate surface area is 189 Å². The monoisotopic (exact) mass is 470 g/mol. The van der Waals surface area contributed by atoms with Crippen molar-refractivity contribution < 1.29 is 28.2 Å². The number of carbonyl (C=O) groups is 2. The molecule has 0 spiro atoms. The van der Waals surface area contributed by atoms with Gasteiger partial charge in [-0.3, -0.25) is 5.32 Å². The second-order valence-electron chi connectivity index (χ2n) is 7.54. The maximum Gasteiger partial charge on any atom is 0.344 e. The number of hydrogen-bond donors (Lipinski definition) is 4. The van der Waals surface area contributed by atoms with E-state index in [-0.39, 0.29) is 22.0 Å². The minimum Gasteiger partial charge on any atom is -0.477 e. The topological polar surface area (TPSA) is 113 Å². The molecule has 1 aromatic heterocycles. The highest BCUT2D eigenvalue weighted by Gasteiger charge is 2.24. The summed E-state index contributed by atoms with van der Waals surface area (Å²) in [5, 5.41) is 17.9. The van der Waals surface area contributed by atoms with Gasteiger partial charge in [-0.05, 0) is 55.5 Å². The van der Waals surface area contributed by atoms with Crippen LogP contribution < -0.4 is 20.7 Å². The quantitative estimate of drug-likeness (QED) is 0.344. The standard InChI is InChI=1S/C21H28F2N4O4S/c1-12(2)24-7-5-4-6-8-25-21(30)26-19-17(20(28)29)18(27-32-19)31-11-14-15(22)9-13(3)10-16(14)23/h9-10,12,24H,4-8,11H2,1-3H3,(H,28,29)(H2,25,26,30). The molecule has 0 aliphatic carbocycles. The maximum absolute atomic E-state index is 14.0. The molecule has 0 atom stereocenters. The Morgan fingerprint density at radius 2 is 1.81 bits per heavy atom. The lowest BCUT2D eigenvalue weighted by Gasteiger charge is -2.09. The van der Waals surface area contributed by atoms with E-state index in [9.17, 15) is 23.5 Å². The average Bonchev–Trinajstić information content (AvgIpc) is 3.08. The third-order valence-electron chi connectivity index (χ3n) is 4.43. The molecule has 8 nitrogen and oxygen atoms in total. The summed E-state index contributed by atoms with van der Waals surface area (Å²) in [6.45, 7) is 6.50. The predicted octanol–water partition coefficient (Wildman–Crippen LogP) is 4.30. The van der Waals surface area contributed by atoms with Crippen LogP contribution in [0.25, 0.3) is 0 Å². The van der Waals surface area contributed by atoms with Crippen molar-refractivity contribution in [3.05, 3.63) is 40.5 Å². The fraction of sp³-hybridized carbons (Fsp3) is 0.476. The molecule has 0 unspecified atom stereocenters. The van der Waals surface area contributed by atoms with Crippen LogP contribution in [0.4, 0.5) is 18.6 Å². The summed E-state index contributed by atoms with van der Waals surface area (Å²) in [7, 11) is 0. The number of aromatic nitrogens is 1. The van der Waals surface area contributed by atoms with E-state index in [1.54, 1.807) is 6.92 Å². The highest BCUT2D eigenvalue weighted by Crippen LogP contribution is 2.31. The lowest BCUT2D eigenvalue weighted by atomic mass is 10.1. The minimum atomic E-state index is -1.38. The first-order valence-corrected chi connectivity index (χ1v) is 11.0. The number of halogens is 2. The molecule has 0 saturated heterocycles. The predicted molar refractivity (Wildman–Crippen MR) is 119 cm³/mol. The third kappa shape index (κ3) is 7.72. The van der Waals surface area contributed by atoms with E-state index >= 15 is 0 Å². The van der Waals surface area contributed by atoms with E-state index in [4.69, 9.17) is 4.74 Å². The molecule has 11 heteroatoms. The molecule has 0 fully saturated rings. The van der Waals surface area contributed by atoms with Crippen molar-refractivity contribution in [3.8, 4) is 5.88 Å². The first kappa shape index (κ1) is 25.5. The SMILES string of the molecule is Cc1cc(F)c(COc2nsc(NC(=O)NCCCCCNC(C)C)c2C(=O)O)c(F)c1. The van der Waals surface area contributed by atoms with Gasteiger partial charge in [-0.1, -0.05) is 20.3 Å². The molecular formula is C21H28F2N4O4S. The van der Waals surface area contributed by atoms with Crippen LogP contribution in [0, 0.1) is 18.6 Å². The number of carboxylic acids is 1.